The second-order valence-electron chi connectivity index (χ2n) is 1.30. The van der Waals surface area contributed by atoms with Gasteiger partial charge in [-0.2, -0.15) is 21.6 Å². The summed E-state index contributed by atoms with van der Waals surface area (Å²) in [5.74, 6) is 0. The number of hydrogen-bond acceptors (Lipinski definition) is 4. The average Bonchev–Trinajstić information content (AvgIpc) is 1.56. The van der Waals surface area contributed by atoms with Crippen molar-refractivity contribution in [3.63, 3.8) is 0 Å². The molecule has 1 unspecified atom stereocenters. The summed E-state index contributed by atoms with van der Waals surface area (Å²) >= 11 is 0. The summed E-state index contributed by atoms with van der Waals surface area (Å²) in [4.78, 5) is 9.51. The van der Waals surface area contributed by atoms with Gasteiger partial charge in [0.15, 0.2) is 0 Å². The van der Waals surface area contributed by atoms with E-state index < -0.39 is 23.7 Å². The molecule has 1 N–H and O–H groups in total. The fourth-order valence-corrected chi connectivity index (χ4v) is 1.35. The van der Waals surface area contributed by atoms with Gasteiger partial charge in [-0.25, -0.2) is 0 Å². The van der Waals surface area contributed by atoms with Crippen LogP contribution >= 0.6 is 8.18 Å². The maximum Gasteiger partial charge on any atom is 0.514 e. The Hall–Kier alpha value is -0.240. The highest BCUT2D eigenvalue weighted by Gasteiger charge is 2.48. The molecule has 0 heterocycles. The summed E-state index contributed by atoms with van der Waals surface area (Å²) < 4.78 is 63.4. The van der Waals surface area contributed by atoms with Crippen LogP contribution in [0.5, 0.6) is 0 Å². The zero-order valence-corrected chi connectivity index (χ0v) is 6.33. The zero-order valence-electron chi connectivity index (χ0n) is 4.62. The lowest BCUT2D eigenvalue weighted by molar-refractivity contribution is -0.166. The smallest absolute Gasteiger partial charge is 0.514 e. The van der Waals surface area contributed by atoms with Crippen molar-refractivity contribution in [3.8, 4) is 0 Å². The van der Waals surface area contributed by atoms with Crippen molar-refractivity contribution in [1.82, 2.24) is 4.49 Å². The van der Waals surface area contributed by atoms with Gasteiger partial charge < -0.3 is 4.89 Å². The molecule has 0 aliphatic rings. The number of hydrogen-bond donors (Lipinski definition) is 1. The molecule has 0 saturated heterocycles. The number of rotatable bonds is 2. The van der Waals surface area contributed by atoms with Crippen molar-refractivity contribution in [2.45, 2.75) is 5.51 Å². The number of alkyl halides is 3. The molecule has 0 aromatic carbocycles. The standard InChI is InChI=1S/CHF3NO4PS/c2-1(3,4)11(8,9)5-10(6)7/h(H,5,6,7). The Kier molecular flexibility index (Phi) is 2.95. The summed E-state index contributed by atoms with van der Waals surface area (Å²) in [7, 11) is -9.55. The SMILES string of the molecule is O=[P+]([O-])NS(=O)(=O)C(F)(F)F. The van der Waals surface area contributed by atoms with Crippen LogP contribution in [0.3, 0.4) is 0 Å². The Labute approximate surface area is 60.2 Å². The van der Waals surface area contributed by atoms with E-state index in [1.807, 2.05) is 0 Å². The summed E-state index contributed by atoms with van der Waals surface area (Å²) in [5.41, 5.74) is -5.59. The van der Waals surface area contributed by atoms with Crippen molar-refractivity contribution < 1.29 is 31.0 Å². The van der Waals surface area contributed by atoms with Gasteiger partial charge in [-0.3, -0.25) is 0 Å². The quantitative estimate of drug-likeness (QED) is 0.620. The maximum absolute atomic E-state index is 11.3. The second kappa shape index (κ2) is 3.02. The Balaban J connectivity index is 4.64. The molecule has 11 heavy (non-hydrogen) atoms. The van der Waals surface area contributed by atoms with Gasteiger partial charge in [-0.05, 0) is 0 Å². The summed E-state index contributed by atoms with van der Waals surface area (Å²) in [5, 5.41) is 0. The molecule has 66 valence electrons. The van der Waals surface area contributed by atoms with E-state index in [1.165, 1.54) is 0 Å². The number of nitrogens with one attached hydrogen (secondary N) is 1. The fourth-order valence-electron chi connectivity index (χ4n) is 0.150. The van der Waals surface area contributed by atoms with Crippen molar-refractivity contribution in [3.05, 3.63) is 0 Å². The minimum atomic E-state index is -5.74. The van der Waals surface area contributed by atoms with Crippen LogP contribution in [0.2, 0.25) is 0 Å². The van der Waals surface area contributed by atoms with Gasteiger partial charge in [0.25, 0.3) is 0 Å². The maximum atomic E-state index is 11.3. The van der Waals surface area contributed by atoms with Crippen LogP contribution < -0.4 is 9.39 Å². The molecule has 0 radical (unpaired) electrons. The first-order valence-corrected chi connectivity index (χ1v) is 4.56. The van der Waals surface area contributed by atoms with Crippen molar-refractivity contribution >= 4 is 18.2 Å². The normalized spacial score (nSPS) is 14.7. The molecule has 1 atom stereocenters. The van der Waals surface area contributed by atoms with E-state index in [-0.39, 0.29) is 0 Å². The summed E-state index contributed by atoms with van der Waals surface area (Å²) in [6.45, 7) is 0. The van der Waals surface area contributed by atoms with E-state index in [1.54, 1.807) is 0 Å². The Morgan fingerprint density at radius 1 is 1.36 bits per heavy atom. The van der Waals surface area contributed by atoms with Crippen molar-refractivity contribution in [2.24, 2.45) is 0 Å². The van der Waals surface area contributed by atoms with Crippen LogP contribution in [0.1, 0.15) is 0 Å². The van der Waals surface area contributed by atoms with Gasteiger partial charge >= 0.3 is 23.7 Å². The van der Waals surface area contributed by atoms with E-state index in [2.05, 4.69) is 0 Å². The van der Waals surface area contributed by atoms with Crippen molar-refractivity contribution in [2.75, 3.05) is 0 Å². The molecule has 10 heteroatoms. The van der Waals surface area contributed by atoms with Gasteiger partial charge in [-0.1, -0.05) is 4.57 Å². The van der Waals surface area contributed by atoms with E-state index in [9.17, 15) is 31.0 Å². The van der Waals surface area contributed by atoms with E-state index in [0.29, 0.717) is 4.49 Å². The van der Waals surface area contributed by atoms with Gasteiger partial charge in [0.05, 0.1) is 0 Å². The zero-order chi connectivity index (χ0) is 9.28. The van der Waals surface area contributed by atoms with Gasteiger partial charge in [-0.15, -0.1) is 0 Å². The van der Waals surface area contributed by atoms with E-state index in [4.69, 9.17) is 0 Å². The first-order valence-electron chi connectivity index (χ1n) is 1.90. The molecule has 0 aliphatic carbocycles. The predicted octanol–water partition coefficient (Wildman–Crippen LogP) is -0.557. The Bertz CT molecular complexity index is 255. The number of sulfonamides is 1. The molecule has 5 nitrogen and oxygen atoms in total. The minimum Gasteiger partial charge on any atom is -0.577 e. The molecule has 0 saturated carbocycles. The molecule has 0 rings (SSSR count). The molecule has 0 bridgehead atoms. The monoisotopic (exact) mass is 211 g/mol. The van der Waals surface area contributed by atoms with E-state index in [0.717, 1.165) is 0 Å². The largest absolute Gasteiger partial charge is 0.577 e. The molecule has 0 spiro atoms. The lowest BCUT2D eigenvalue weighted by atomic mass is 11.6. The highest BCUT2D eigenvalue weighted by molar-refractivity contribution is 7.94. The minimum absolute atomic E-state index is 0.360. The van der Waals surface area contributed by atoms with Crippen molar-refractivity contribution in [1.29, 1.82) is 0 Å². The molecule has 0 aliphatic heterocycles. The molecule has 0 fully saturated rings. The van der Waals surface area contributed by atoms with Crippen LogP contribution in [-0.2, 0) is 14.6 Å². The lowest BCUT2D eigenvalue weighted by Gasteiger charge is -2.02. The second-order valence-corrected chi connectivity index (χ2v) is 4.01. The van der Waals surface area contributed by atoms with Crippen LogP contribution in [0.15, 0.2) is 0 Å². The molecular formula is CHF3NO4PS. The first-order chi connectivity index (χ1) is 4.67. The molecule has 0 aromatic rings. The average molecular weight is 211 g/mol. The predicted molar refractivity (Wildman–Crippen MR) is 25.7 cm³/mol. The van der Waals surface area contributed by atoms with E-state index >= 15 is 0 Å². The van der Waals surface area contributed by atoms with Gasteiger partial charge in [0.2, 0.25) is 0 Å². The molecular weight excluding hydrogens is 210 g/mol. The topological polar surface area (TPSA) is 86.3 Å². The highest BCUT2D eigenvalue weighted by Crippen LogP contribution is 2.24. The number of halogens is 3. The van der Waals surface area contributed by atoms with Crippen LogP contribution in [0.25, 0.3) is 0 Å². The first kappa shape index (κ1) is 10.8. The third-order valence-electron chi connectivity index (χ3n) is 0.499. The van der Waals surface area contributed by atoms with Crippen LogP contribution in [-0.4, -0.2) is 13.9 Å². The summed E-state index contributed by atoms with van der Waals surface area (Å²) in [6.07, 6.45) is 0. The third kappa shape index (κ3) is 3.10. The van der Waals surface area contributed by atoms with Crippen LogP contribution in [0.4, 0.5) is 13.2 Å². The fraction of sp³-hybridized carbons (Fsp3) is 1.00. The molecule has 0 aromatic heterocycles. The van der Waals surface area contributed by atoms with Gasteiger partial charge in [0, 0.05) is 4.49 Å². The Morgan fingerprint density at radius 2 is 1.73 bits per heavy atom. The molecule has 0 amide bonds. The lowest BCUT2D eigenvalue weighted by Crippen LogP contribution is -2.33. The summed E-state index contributed by atoms with van der Waals surface area (Å²) in [6, 6.07) is 0. The van der Waals surface area contributed by atoms with Gasteiger partial charge in [0.1, 0.15) is 0 Å². The Morgan fingerprint density at radius 3 is 1.82 bits per heavy atom. The highest BCUT2D eigenvalue weighted by atomic mass is 32.2. The third-order valence-corrected chi connectivity index (χ3v) is 2.67. The van der Waals surface area contributed by atoms with Crippen LogP contribution in [0, 0.1) is 0 Å².